The molecule has 31 heavy (non-hydrogen) atoms. The molecule has 7 heteroatoms. The first-order valence-electron chi connectivity index (χ1n) is 11.2. The van der Waals surface area contributed by atoms with Crippen LogP contribution in [0.4, 0.5) is 0 Å². The van der Waals surface area contributed by atoms with Gasteiger partial charge < -0.3 is 11.1 Å². The molecule has 0 aliphatic heterocycles. The van der Waals surface area contributed by atoms with Crippen LogP contribution in [0, 0.1) is 6.92 Å². The van der Waals surface area contributed by atoms with Crippen LogP contribution < -0.4 is 15.8 Å². The zero-order valence-corrected chi connectivity index (χ0v) is 19.5. The summed E-state index contributed by atoms with van der Waals surface area (Å²) in [5.41, 5.74) is 8.08. The van der Waals surface area contributed by atoms with Crippen LogP contribution in [0.1, 0.15) is 36.8 Å². The van der Waals surface area contributed by atoms with Gasteiger partial charge in [0, 0.05) is 13.1 Å². The van der Waals surface area contributed by atoms with E-state index in [-0.39, 0.29) is 0 Å². The summed E-state index contributed by atoms with van der Waals surface area (Å²) in [6, 6.07) is 17.5. The van der Waals surface area contributed by atoms with Gasteiger partial charge in [-0.3, -0.25) is 4.90 Å². The first-order valence-corrected chi connectivity index (χ1v) is 12.7. The van der Waals surface area contributed by atoms with Gasteiger partial charge in [-0.2, -0.15) is 0 Å². The van der Waals surface area contributed by atoms with Crippen molar-refractivity contribution >= 4 is 10.0 Å². The number of nitrogens with zero attached hydrogens (tertiary/aromatic N) is 1. The zero-order chi connectivity index (χ0) is 22.4. The second-order valence-electron chi connectivity index (χ2n) is 7.93. The van der Waals surface area contributed by atoms with Crippen LogP contribution in [0.2, 0.25) is 0 Å². The van der Waals surface area contributed by atoms with Gasteiger partial charge >= 0.3 is 0 Å². The number of sulfonamides is 1. The SMILES string of the molecule is Cc1ccc(S(=O)(=O)NCCCNCCCCN(CCCN)Cc2ccccc2)cc1. The Balaban J connectivity index is 1.56. The highest BCUT2D eigenvalue weighted by Gasteiger charge is 2.12. The molecule has 2 aromatic rings. The predicted molar refractivity (Wildman–Crippen MR) is 128 cm³/mol. The maximum atomic E-state index is 12.2. The third kappa shape index (κ3) is 10.4. The number of hydrogen-bond donors (Lipinski definition) is 3. The van der Waals surface area contributed by atoms with E-state index in [9.17, 15) is 8.42 Å². The van der Waals surface area contributed by atoms with Crippen molar-refractivity contribution in [3.05, 3.63) is 65.7 Å². The van der Waals surface area contributed by atoms with Crippen molar-refractivity contribution < 1.29 is 8.42 Å². The Morgan fingerprint density at radius 1 is 0.839 bits per heavy atom. The molecule has 0 spiro atoms. The third-order valence-corrected chi connectivity index (χ3v) is 6.64. The van der Waals surface area contributed by atoms with Crippen molar-refractivity contribution in [1.82, 2.24) is 14.9 Å². The van der Waals surface area contributed by atoms with Gasteiger partial charge in [-0.25, -0.2) is 13.1 Å². The number of unbranched alkanes of at least 4 members (excludes halogenated alkanes) is 1. The fourth-order valence-corrected chi connectivity index (χ4v) is 4.43. The van der Waals surface area contributed by atoms with Gasteiger partial charge in [-0.05, 0) is 83.0 Å². The number of hydrogen-bond acceptors (Lipinski definition) is 5. The first kappa shape index (κ1) is 25.5. The molecule has 0 heterocycles. The third-order valence-electron chi connectivity index (χ3n) is 5.16. The van der Waals surface area contributed by atoms with Gasteiger partial charge in [-0.15, -0.1) is 0 Å². The number of nitrogens with one attached hydrogen (secondary N) is 2. The number of benzene rings is 2. The van der Waals surface area contributed by atoms with E-state index in [1.807, 2.05) is 25.1 Å². The summed E-state index contributed by atoms with van der Waals surface area (Å²) < 4.78 is 27.2. The number of aryl methyl sites for hydroxylation is 1. The Labute approximate surface area is 188 Å². The monoisotopic (exact) mass is 446 g/mol. The zero-order valence-electron chi connectivity index (χ0n) is 18.7. The fraction of sp³-hybridized carbons (Fsp3) is 0.500. The molecule has 4 N–H and O–H groups in total. The lowest BCUT2D eigenvalue weighted by atomic mass is 10.2. The summed E-state index contributed by atoms with van der Waals surface area (Å²) in [6.07, 6.45) is 4.01. The van der Waals surface area contributed by atoms with E-state index in [2.05, 4.69) is 39.2 Å². The molecule has 0 fully saturated rings. The molecule has 0 aromatic heterocycles. The summed E-state index contributed by atoms with van der Waals surface area (Å²) in [4.78, 5) is 2.79. The Morgan fingerprint density at radius 3 is 2.23 bits per heavy atom. The second kappa shape index (κ2) is 14.3. The Hall–Kier alpha value is -1.77. The Kier molecular flexibility index (Phi) is 11.8. The van der Waals surface area contributed by atoms with E-state index in [0.29, 0.717) is 11.4 Å². The van der Waals surface area contributed by atoms with Crippen LogP contribution in [-0.2, 0) is 16.6 Å². The minimum absolute atomic E-state index is 0.320. The van der Waals surface area contributed by atoms with E-state index >= 15 is 0 Å². The van der Waals surface area contributed by atoms with Gasteiger partial charge in [0.15, 0.2) is 0 Å². The molecule has 0 saturated heterocycles. The lowest BCUT2D eigenvalue weighted by Crippen LogP contribution is -2.29. The molecule has 2 aromatic carbocycles. The number of nitrogens with two attached hydrogens (primary N) is 1. The molecule has 0 amide bonds. The largest absolute Gasteiger partial charge is 0.330 e. The van der Waals surface area contributed by atoms with Gasteiger partial charge in [0.2, 0.25) is 10.0 Å². The van der Waals surface area contributed by atoms with Crippen LogP contribution in [-0.4, -0.2) is 52.6 Å². The lowest BCUT2D eigenvalue weighted by molar-refractivity contribution is 0.257. The highest BCUT2D eigenvalue weighted by Crippen LogP contribution is 2.09. The highest BCUT2D eigenvalue weighted by atomic mass is 32.2. The lowest BCUT2D eigenvalue weighted by Gasteiger charge is -2.22. The molecule has 0 radical (unpaired) electrons. The molecular weight excluding hydrogens is 408 g/mol. The van der Waals surface area contributed by atoms with E-state index in [0.717, 1.165) is 70.5 Å². The molecule has 0 bridgehead atoms. The molecule has 0 unspecified atom stereocenters. The molecule has 172 valence electrons. The van der Waals surface area contributed by atoms with Crippen molar-refractivity contribution in [2.45, 2.75) is 44.0 Å². The molecule has 6 nitrogen and oxygen atoms in total. The van der Waals surface area contributed by atoms with Crippen molar-refractivity contribution in [3.63, 3.8) is 0 Å². The summed E-state index contributed by atoms with van der Waals surface area (Å²) in [6.45, 7) is 7.91. The van der Waals surface area contributed by atoms with E-state index in [1.54, 1.807) is 12.1 Å². The smallest absolute Gasteiger partial charge is 0.240 e. The van der Waals surface area contributed by atoms with Gasteiger partial charge in [-0.1, -0.05) is 48.0 Å². The van der Waals surface area contributed by atoms with E-state index in [4.69, 9.17) is 5.73 Å². The summed E-state index contributed by atoms with van der Waals surface area (Å²) >= 11 is 0. The van der Waals surface area contributed by atoms with Gasteiger partial charge in [0.25, 0.3) is 0 Å². The maximum Gasteiger partial charge on any atom is 0.240 e. The maximum absolute atomic E-state index is 12.2. The summed E-state index contributed by atoms with van der Waals surface area (Å²) in [7, 11) is -3.41. The van der Waals surface area contributed by atoms with Gasteiger partial charge in [0.1, 0.15) is 0 Å². The summed E-state index contributed by atoms with van der Waals surface area (Å²) in [5, 5.41) is 3.41. The van der Waals surface area contributed by atoms with Crippen LogP contribution in [0.3, 0.4) is 0 Å². The minimum atomic E-state index is -3.41. The van der Waals surface area contributed by atoms with Gasteiger partial charge in [0.05, 0.1) is 4.90 Å². The normalized spacial score (nSPS) is 11.8. The first-order chi connectivity index (χ1) is 15.0. The number of rotatable bonds is 16. The average Bonchev–Trinajstić information content (AvgIpc) is 2.77. The standard InChI is InChI=1S/C24H38N4O2S/c1-22-11-13-24(14-12-22)31(29,30)27-18-8-17-26-16-5-6-19-28(20-7-15-25)21-23-9-3-2-4-10-23/h2-4,9-14,26-27H,5-8,15-21,25H2,1H3. The molecule has 0 aliphatic rings. The van der Waals surface area contributed by atoms with E-state index < -0.39 is 10.0 Å². The van der Waals surface area contributed by atoms with Crippen LogP contribution >= 0.6 is 0 Å². The second-order valence-corrected chi connectivity index (χ2v) is 9.69. The van der Waals surface area contributed by atoms with Crippen molar-refractivity contribution in [2.24, 2.45) is 5.73 Å². The highest BCUT2D eigenvalue weighted by molar-refractivity contribution is 7.89. The molecule has 0 aliphatic carbocycles. The summed E-state index contributed by atoms with van der Waals surface area (Å²) in [5.74, 6) is 0. The molecule has 0 saturated carbocycles. The Morgan fingerprint density at radius 2 is 1.52 bits per heavy atom. The molecule has 2 rings (SSSR count). The van der Waals surface area contributed by atoms with Crippen LogP contribution in [0.25, 0.3) is 0 Å². The van der Waals surface area contributed by atoms with Crippen molar-refractivity contribution in [3.8, 4) is 0 Å². The average molecular weight is 447 g/mol. The fourth-order valence-electron chi connectivity index (χ4n) is 3.36. The quantitative estimate of drug-likeness (QED) is 0.345. The molecular formula is C24H38N4O2S. The van der Waals surface area contributed by atoms with Crippen LogP contribution in [0.5, 0.6) is 0 Å². The predicted octanol–water partition coefficient (Wildman–Crippen LogP) is 2.88. The van der Waals surface area contributed by atoms with E-state index in [1.165, 1.54) is 5.56 Å². The topological polar surface area (TPSA) is 87.5 Å². The van der Waals surface area contributed by atoms with Crippen molar-refractivity contribution in [2.75, 3.05) is 39.3 Å². The molecule has 0 atom stereocenters. The Bertz CT molecular complexity index is 826. The van der Waals surface area contributed by atoms with Crippen molar-refractivity contribution in [1.29, 1.82) is 0 Å². The minimum Gasteiger partial charge on any atom is -0.330 e. The van der Waals surface area contributed by atoms with Crippen LogP contribution in [0.15, 0.2) is 59.5 Å².